The third kappa shape index (κ3) is 3.26. The molecule has 3 aromatic rings. The van der Waals surface area contributed by atoms with Gasteiger partial charge in [-0.3, -0.25) is 4.90 Å². The van der Waals surface area contributed by atoms with Gasteiger partial charge in [-0.2, -0.15) is 0 Å². The first-order chi connectivity index (χ1) is 11.8. The van der Waals surface area contributed by atoms with Crippen molar-refractivity contribution in [3.05, 3.63) is 46.7 Å². The van der Waals surface area contributed by atoms with Gasteiger partial charge < -0.3 is 9.32 Å². The van der Waals surface area contributed by atoms with Crippen LogP contribution in [0.3, 0.4) is 0 Å². The zero-order valence-electron chi connectivity index (χ0n) is 13.0. The lowest BCUT2D eigenvalue weighted by molar-refractivity contribution is 0.192. The molecule has 0 amide bonds. The van der Waals surface area contributed by atoms with Crippen LogP contribution in [0.25, 0.3) is 10.8 Å². The van der Waals surface area contributed by atoms with Crippen molar-refractivity contribution in [1.29, 1.82) is 0 Å². The van der Waals surface area contributed by atoms with E-state index in [0.717, 1.165) is 36.9 Å². The Morgan fingerprint density at radius 3 is 2.71 bits per heavy atom. The average Bonchev–Trinajstić information content (AvgIpc) is 3.27. The summed E-state index contributed by atoms with van der Waals surface area (Å²) in [6.45, 7) is 4.43. The van der Waals surface area contributed by atoms with Gasteiger partial charge in [-0.25, -0.2) is 9.67 Å². The Morgan fingerprint density at radius 2 is 2.00 bits per heavy atom. The van der Waals surface area contributed by atoms with Crippen LogP contribution in [0.4, 0.5) is 5.82 Å². The molecule has 1 aliphatic rings. The van der Waals surface area contributed by atoms with Gasteiger partial charge in [0, 0.05) is 32.4 Å². The Hall–Kier alpha value is -2.03. The van der Waals surface area contributed by atoms with Gasteiger partial charge in [0.2, 0.25) is 0 Å². The first-order valence-corrected chi connectivity index (χ1v) is 9.08. The van der Waals surface area contributed by atoms with Crippen molar-refractivity contribution in [3.8, 4) is 10.8 Å². The summed E-state index contributed by atoms with van der Waals surface area (Å²) in [4.78, 5) is 10.5. The molecule has 0 saturated carbocycles. The molecular weight excluding hydrogens is 342 g/mol. The van der Waals surface area contributed by atoms with Gasteiger partial charge in [0.25, 0.3) is 10.7 Å². The highest BCUT2D eigenvalue weighted by Crippen LogP contribution is 2.23. The third-order valence-electron chi connectivity index (χ3n) is 4.02. The molecule has 1 fully saturated rings. The number of thiophene rings is 1. The van der Waals surface area contributed by atoms with Crippen molar-refractivity contribution in [2.45, 2.75) is 6.67 Å². The summed E-state index contributed by atoms with van der Waals surface area (Å²) in [5.74, 6) is 1.64. The van der Waals surface area contributed by atoms with E-state index in [0.29, 0.717) is 17.4 Å². The van der Waals surface area contributed by atoms with E-state index in [2.05, 4.69) is 25.9 Å². The Balaban J connectivity index is 1.40. The van der Waals surface area contributed by atoms with Crippen LogP contribution >= 0.6 is 23.6 Å². The maximum Gasteiger partial charge on any atom is 0.288 e. The predicted octanol–water partition coefficient (Wildman–Crippen LogP) is 3.11. The largest absolute Gasteiger partial charge is 0.408 e. The highest BCUT2D eigenvalue weighted by atomic mass is 32.1. The number of aromatic nitrogens is 3. The molecule has 124 valence electrons. The quantitative estimate of drug-likeness (QED) is 0.667. The number of nitrogens with zero attached hydrogens (tertiary/aromatic N) is 5. The van der Waals surface area contributed by atoms with Crippen molar-refractivity contribution in [1.82, 2.24) is 19.7 Å². The minimum absolute atomic E-state index is 0.422. The van der Waals surface area contributed by atoms with E-state index in [1.165, 1.54) is 0 Å². The Kier molecular flexibility index (Phi) is 4.42. The van der Waals surface area contributed by atoms with E-state index in [4.69, 9.17) is 16.6 Å². The first-order valence-electron chi connectivity index (χ1n) is 7.80. The molecule has 4 heterocycles. The summed E-state index contributed by atoms with van der Waals surface area (Å²) in [5.41, 5.74) is 0. The number of rotatable bonds is 4. The van der Waals surface area contributed by atoms with Crippen LogP contribution in [-0.4, -0.2) is 45.8 Å². The molecule has 0 atom stereocenters. The maximum atomic E-state index is 5.62. The zero-order chi connectivity index (χ0) is 16.4. The second-order valence-corrected chi connectivity index (χ2v) is 6.88. The number of hydrogen-bond donors (Lipinski definition) is 0. The molecule has 3 aromatic heterocycles. The standard InChI is InChI=1S/C16H17N5OS2/c23-16-21(18-15(22-16)13-4-3-11-24-13)12-19-7-9-20(10-8-19)14-5-1-2-6-17-14/h1-6,11H,7-10,12H2. The summed E-state index contributed by atoms with van der Waals surface area (Å²) in [7, 11) is 0. The third-order valence-corrected chi connectivity index (χ3v) is 5.17. The number of piperazine rings is 1. The van der Waals surface area contributed by atoms with E-state index in [1.54, 1.807) is 16.0 Å². The second-order valence-electron chi connectivity index (χ2n) is 5.58. The van der Waals surface area contributed by atoms with Crippen LogP contribution in [0.2, 0.25) is 0 Å². The molecule has 0 radical (unpaired) electrons. The van der Waals surface area contributed by atoms with Gasteiger partial charge in [0.05, 0.1) is 11.5 Å². The molecule has 0 aliphatic carbocycles. The van der Waals surface area contributed by atoms with Gasteiger partial charge in [-0.1, -0.05) is 12.1 Å². The first kappa shape index (κ1) is 15.5. The molecule has 0 bridgehead atoms. The lowest BCUT2D eigenvalue weighted by Gasteiger charge is -2.34. The van der Waals surface area contributed by atoms with Crippen molar-refractivity contribution in [2.75, 3.05) is 31.1 Å². The monoisotopic (exact) mass is 359 g/mol. The van der Waals surface area contributed by atoms with E-state index >= 15 is 0 Å². The van der Waals surface area contributed by atoms with Crippen LogP contribution < -0.4 is 4.90 Å². The Labute approximate surface area is 149 Å². The summed E-state index contributed by atoms with van der Waals surface area (Å²) in [5, 5.41) is 6.52. The minimum Gasteiger partial charge on any atom is -0.408 e. The van der Waals surface area contributed by atoms with Crippen LogP contribution in [0.15, 0.2) is 46.3 Å². The fourth-order valence-corrected chi connectivity index (χ4v) is 3.57. The molecular formula is C16H17N5OS2. The molecule has 1 saturated heterocycles. The average molecular weight is 359 g/mol. The van der Waals surface area contributed by atoms with Crippen LogP contribution in [0, 0.1) is 4.84 Å². The maximum absolute atomic E-state index is 5.62. The molecule has 8 heteroatoms. The van der Waals surface area contributed by atoms with Crippen LogP contribution in [0.5, 0.6) is 0 Å². The fourth-order valence-electron chi connectivity index (χ4n) is 2.74. The molecule has 0 spiro atoms. The van der Waals surface area contributed by atoms with Crippen molar-refractivity contribution in [2.24, 2.45) is 0 Å². The van der Waals surface area contributed by atoms with Crippen molar-refractivity contribution in [3.63, 3.8) is 0 Å². The molecule has 0 N–H and O–H groups in total. The highest BCUT2D eigenvalue weighted by molar-refractivity contribution is 7.71. The van der Waals surface area contributed by atoms with Crippen molar-refractivity contribution >= 4 is 29.4 Å². The van der Waals surface area contributed by atoms with Gasteiger partial charge >= 0.3 is 0 Å². The van der Waals surface area contributed by atoms with Crippen LogP contribution in [-0.2, 0) is 6.67 Å². The number of anilines is 1. The summed E-state index contributed by atoms with van der Waals surface area (Å²) < 4.78 is 7.39. The molecule has 1 aliphatic heterocycles. The molecule has 24 heavy (non-hydrogen) atoms. The minimum atomic E-state index is 0.422. The Bertz CT molecular complexity index is 835. The lowest BCUT2D eigenvalue weighted by atomic mass is 10.3. The van der Waals surface area contributed by atoms with E-state index in [9.17, 15) is 0 Å². The van der Waals surface area contributed by atoms with Gasteiger partial charge in [-0.15, -0.1) is 16.4 Å². The predicted molar refractivity (Wildman–Crippen MR) is 96.7 cm³/mol. The SMILES string of the molecule is S=c1oc(-c2cccs2)nn1CN1CCN(c2ccccn2)CC1. The second kappa shape index (κ2) is 6.84. The lowest BCUT2D eigenvalue weighted by Crippen LogP contribution is -2.47. The summed E-state index contributed by atoms with van der Waals surface area (Å²) >= 11 is 6.91. The van der Waals surface area contributed by atoms with E-state index < -0.39 is 0 Å². The summed E-state index contributed by atoms with van der Waals surface area (Å²) in [6.07, 6.45) is 1.84. The summed E-state index contributed by atoms with van der Waals surface area (Å²) in [6, 6.07) is 9.99. The zero-order valence-corrected chi connectivity index (χ0v) is 14.7. The van der Waals surface area contributed by atoms with E-state index in [-0.39, 0.29) is 0 Å². The van der Waals surface area contributed by atoms with E-state index in [1.807, 2.05) is 35.8 Å². The highest BCUT2D eigenvalue weighted by Gasteiger charge is 2.19. The van der Waals surface area contributed by atoms with Gasteiger partial charge in [0.1, 0.15) is 5.82 Å². The number of pyridine rings is 1. The smallest absolute Gasteiger partial charge is 0.288 e. The van der Waals surface area contributed by atoms with Crippen LogP contribution in [0.1, 0.15) is 0 Å². The Morgan fingerprint density at radius 1 is 1.12 bits per heavy atom. The normalized spacial score (nSPS) is 15.8. The molecule has 0 unspecified atom stereocenters. The molecule has 4 rings (SSSR count). The topological polar surface area (TPSA) is 50.3 Å². The van der Waals surface area contributed by atoms with Gasteiger partial charge in [0.15, 0.2) is 0 Å². The number of hydrogen-bond acceptors (Lipinski definition) is 7. The van der Waals surface area contributed by atoms with Gasteiger partial charge in [-0.05, 0) is 35.8 Å². The molecule has 0 aromatic carbocycles. The fraction of sp³-hybridized carbons (Fsp3) is 0.312. The van der Waals surface area contributed by atoms with Crippen molar-refractivity contribution < 1.29 is 4.42 Å². The molecule has 6 nitrogen and oxygen atoms in total.